The number of rotatable bonds is 10. The largest absolute Gasteiger partial charge is 0.379 e. The SMILES string of the molecule is CCCCOCCOC1(CCNC(C)(C)C)CCC1. The second kappa shape index (κ2) is 8.23. The van der Waals surface area contributed by atoms with Crippen molar-refractivity contribution in [3.05, 3.63) is 0 Å². The molecule has 1 saturated carbocycles. The smallest absolute Gasteiger partial charge is 0.0708 e. The zero-order valence-corrected chi connectivity index (χ0v) is 13.4. The molecule has 1 rings (SSSR count). The van der Waals surface area contributed by atoms with Crippen LogP contribution in [-0.2, 0) is 9.47 Å². The van der Waals surface area contributed by atoms with Crippen molar-refractivity contribution >= 4 is 0 Å². The highest BCUT2D eigenvalue weighted by Gasteiger charge is 2.37. The summed E-state index contributed by atoms with van der Waals surface area (Å²) in [5.41, 5.74) is 0.348. The highest BCUT2D eigenvalue weighted by molar-refractivity contribution is 4.91. The Morgan fingerprint density at radius 1 is 1.11 bits per heavy atom. The molecule has 0 aromatic heterocycles. The molecule has 0 unspecified atom stereocenters. The maximum Gasteiger partial charge on any atom is 0.0708 e. The van der Waals surface area contributed by atoms with Crippen molar-refractivity contribution in [2.75, 3.05) is 26.4 Å². The van der Waals surface area contributed by atoms with Gasteiger partial charge in [-0.05, 0) is 59.4 Å². The average molecular weight is 271 g/mol. The molecule has 0 aromatic carbocycles. The summed E-state index contributed by atoms with van der Waals surface area (Å²) in [6, 6.07) is 0. The molecule has 0 spiro atoms. The van der Waals surface area contributed by atoms with Gasteiger partial charge >= 0.3 is 0 Å². The summed E-state index contributed by atoms with van der Waals surface area (Å²) in [4.78, 5) is 0. The lowest BCUT2D eigenvalue weighted by atomic mass is 9.77. The van der Waals surface area contributed by atoms with Gasteiger partial charge in [-0.25, -0.2) is 0 Å². The normalized spacial score (nSPS) is 18.3. The van der Waals surface area contributed by atoms with Crippen molar-refractivity contribution in [3.63, 3.8) is 0 Å². The van der Waals surface area contributed by atoms with E-state index in [-0.39, 0.29) is 11.1 Å². The summed E-state index contributed by atoms with van der Waals surface area (Å²) in [6.07, 6.45) is 7.22. The Balaban J connectivity index is 2.10. The van der Waals surface area contributed by atoms with E-state index in [0.29, 0.717) is 0 Å². The third-order valence-electron chi connectivity index (χ3n) is 3.78. The van der Waals surface area contributed by atoms with Crippen molar-refractivity contribution in [2.45, 2.75) is 77.4 Å². The number of hydrogen-bond acceptors (Lipinski definition) is 3. The molecule has 1 fully saturated rings. The monoisotopic (exact) mass is 271 g/mol. The molecule has 0 bridgehead atoms. The fourth-order valence-electron chi connectivity index (χ4n) is 2.37. The lowest BCUT2D eigenvalue weighted by Gasteiger charge is -2.42. The Morgan fingerprint density at radius 2 is 1.84 bits per heavy atom. The van der Waals surface area contributed by atoms with E-state index in [1.54, 1.807) is 0 Å². The molecule has 3 nitrogen and oxygen atoms in total. The Morgan fingerprint density at radius 3 is 2.37 bits per heavy atom. The molecule has 0 amide bonds. The zero-order chi connectivity index (χ0) is 14.2. The van der Waals surface area contributed by atoms with Gasteiger partial charge in [0.25, 0.3) is 0 Å². The third kappa shape index (κ3) is 7.28. The van der Waals surface area contributed by atoms with Gasteiger partial charge in [-0.15, -0.1) is 0 Å². The first-order valence-corrected chi connectivity index (χ1v) is 7.94. The number of hydrogen-bond donors (Lipinski definition) is 1. The molecule has 0 heterocycles. The molecule has 3 heteroatoms. The zero-order valence-electron chi connectivity index (χ0n) is 13.4. The van der Waals surface area contributed by atoms with Crippen LogP contribution < -0.4 is 5.32 Å². The van der Waals surface area contributed by atoms with Crippen molar-refractivity contribution in [1.82, 2.24) is 5.32 Å². The van der Waals surface area contributed by atoms with Crippen LogP contribution in [0.4, 0.5) is 0 Å². The van der Waals surface area contributed by atoms with Gasteiger partial charge in [-0.1, -0.05) is 13.3 Å². The molecular formula is C16H33NO2. The number of nitrogens with one attached hydrogen (secondary N) is 1. The minimum Gasteiger partial charge on any atom is -0.379 e. The van der Waals surface area contributed by atoms with Crippen molar-refractivity contribution < 1.29 is 9.47 Å². The fourth-order valence-corrected chi connectivity index (χ4v) is 2.37. The van der Waals surface area contributed by atoms with E-state index in [1.807, 2.05) is 0 Å². The predicted molar refractivity (Wildman–Crippen MR) is 80.6 cm³/mol. The standard InChI is InChI=1S/C16H33NO2/c1-5-6-12-18-13-14-19-16(8-7-9-16)10-11-17-15(2,3)4/h17H,5-14H2,1-4H3. The Kier molecular flexibility index (Phi) is 7.33. The molecule has 19 heavy (non-hydrogen) atoms. The van der Waals surface area contributed by atoms with Gasteiger partial charge in [-0.2, -0.15) is 0 Å². The van der Waals surface area contributed by atoms with Crippen LogP contribution in [0.15, 0.2) is 0 Å². The van der Waals surface area contributed by atoms with Crippen LogP contribution in [0.3, 0.4) is 0 Å². The lowest BCUT2D eigenvalue weighted by Crippen LogP contribution is -2.46. The van der Waals surface area contributed by atoms with Gasteiger partial charge in [0.05, 0.1) is 18.8 Å². The molecule has 1 aliphatic rings. The average Bonchev–Trinajstić information content (AvgIpc) is 2.27. The lowest BCUT2D eigenvalue weighted by molar-refractivity contribution is -0.118. The molecule has 1 aliphatic carbocycles. The molecule has 0 saturated heterocycles. The van der Waals surface area contributed by atoms with Crippen LogP contribution in [-0.4, -0.2) is 37.5 Å². The highest BCUT2D eigenvalue weighted by atomic mass is 16.5. The Hall–Kier alpha value is -0.120. The van der Waals surface area contributed by atoms with Crippen molar-refractivity contribution in [1.29, 1.82) is 0 Å². The van der Waals surface area contributed by atoms with Gasteiger partial charge in [0.2, 0.25) is 0 Å². The van der Waals surface area contributed by atoms with Crippen LogP contribution in [0.25, 0.3) is 0 Å². The van der Waals surface area contributed by atoms with E-state index >= 15 is 0 Å². The molecule has 0 radical (unpaired) electrons. The molecule has 114 valence electrons. The highest BCUT2D eigenvalue weighted by Crippen LogP contribution is 2.38. The van der Waals surface area contributed by atoms with E-state index in [2.05, 4.69) is 33.0 Å². The van der Waals surface area contributed by atoms with Crippen molar-refractivity contribution in [2.24, 2.45) is 0 Å². The molecule has 0 atom stereocenters. The van der Waals surface area contributed by atoms with E-state index < -0.39 is 0 Å². The summed E-state index contributed by atoms with van der Waals surface area (Å²) in [7, 11) is 0. The number of ether oxygens (including phenoxy) is 2. The van der Waals surface area contributed by atoms with Gasteiger partial charge in [-0.3, -0.25) is 0 Å². The van der Waals surface area contributed by atoms with Gasteiger partial charge in [0, 0.05) is 12.1 Å². The van der Waals surface area contributed by atoms with E-state index in [4.69, 9.17) is 9.47 Å². The molecule has 0 aliphatic heterocycles. The van der Waals surface area contributed by atoms with Crippen molar-refractivity contribution in [3.8, 4) is 0 Å². The van der Waals surface area contributed by atoms with Gasteiger partial charge < -0.3 is 14.8 Å². The summed E-state index contributed by atoms with van der Waals surface area (Å²) in [5.74, 6) is 0. The van der Waals surface area contributed by atoms with E-state index in [9.17, 15) is 0 Å². The minimum atomic E-state index is 0.145. The second-order valence-corrected chi connectivity index (χ2v) is 6.78. The minimum absolute atomic E-state index is 0.145. The van der Waals surface area contributed by atoms with E-state index in [0.717, 1.165) is 39.2 Å². The maximum atomic E-state index is 6.10. The first kappa shape index (κ1) is 16.9. The summed E-state index contributed by atoms with van der Waals surface area (Å²) < 4.78 is 11.7. The first-order valence-electron chi connectivity index (χ1n) is 7.94. The number of unbranched alkanes of at least 4 members (excludes halogenated alkanes) is 1. The van der Waals surface area contributed by atoms with Crippen LogP contribution in [0.1, 0.15) is 66.2 Å². The first-order chi connectivity index (χ1) is 8.97. The topological polar surface area (TPSA) is 30.5 Å². The second-order valence-electron chi connectivity index (χ2n) is 6.78. The molecule has 1 N–H and O–H groups in total. The quantitative estimate of drug-likeness (QED) is 0.617. The van der Waals surface area contributed by atoms with Crippen LogP contribution in [0, 0.1) is 0 Å². The Labute approximate surface area is 119 Å². The fraction of sp³-hybridized carbons (Fsp3) is 1.00. The molecule has 0 aromatic rings. The van der Waals surface area contributed by atoms with Crippen LogP contribution in [0.5, 0.6) is 0 Å². The maximum absolute atomic E-state index is 6.10. The predicted octanol–water partition coefficient (Wildman–Crippen LogP) is 3.52. The Bertz CT molecular complexity index is 231. The van der Waals surface area contributed by atoms with Gasteiger partial charge in [0.1, 0.15) is 0 Å². The van der Waals surface area contributed by atoms with Crippen LogP contribution in [0.2, 0.25) is 0 Å². The third-order valence-corrected chi connectivity index (χ3v) is 3.78. The molecular weight excluding hydrogens is 238 g/mol. The summed E-state index contributed by atoms with van der Waals surface area (Å²) >= 11 is 0. The van der Waals surface area contributed by atoms with Crippen LogP contribution >= 0.6 is 0 Å². The van der Waals surface area contributed by atoms with E-state index in [1.165, 1.54) is 25.7 Å². The van der Waals surface area contributed by atoms with Gasteiger partial charge in [0.15, 0.2) is 0 Å². The summed E-state index contributed by atoms with van der Waals surface area (Å²) in [5, 5.41) is 3.55. The summed E-state index contributed by atoms with van der Waals surface area (Å²) in [6.45, 7) is 12.2.